The number of fused-ring (bicyclic) bond motifs is 2. The third kappa shape index (κ3) is 4.36. The largest absolute Gasteiger partial charge is 0.354 e. The minimum atomic E-state index is 0.133. The monoisotopic (exact) mass is 370 g/mol. The number of benzene rings is 1. The predicted octanol–water partition coefficient (Wildman–Crippen LogP) is 3.99. The number of piperidine rings is 1. The molecular weight excluding hydrogens is 336 g/mol. The van der Waals surface area contributed by atoms with Crippen molar-refractivity contribution in [3.05, 3.63) is 35.4 Å². The molecule has 3 rings (SSSR count). The molecule has 2 amide bonds. The Morgan fingerprint density at radius 1 is 1.15 bits per heavy atom. The quantitative estimate of drug-likeness (QED) is 0.852. The van der Waals surface area contributed by atoms with E-state index >= 15 is 0 Å². The summed E-state index contributed by atoms with van der Waals surface area (Å²) in [5.41, 5.74) is 2.90. The summed E-state index contributed by atoms with van der Waals surface area (Å²) in [6.07, 6.45) is 4.25. The first-order valence-electron chi connectivity index (χ1n) is 10.5. The molecule has 0 saturated carbocycles. The van der Waals surface area contributed by atoms with Crippen LogP contribution in [0.15, 0.2) is 24.3 Å². The molecule has 1 fully saturated rings. The lowest BCUT2D eigenvalue weighted by Crippen LogP contribution is -2.44. The SMILES string of the molecule is CC(C)CC(=O)N1CCC2(CC1)C[C@H](CC(=O)NC(C)C)c1ccccc12. The summed E-state index contributed by atoms with van der Waals surface area (Å²) in [6.45, 7) is 9.89. The van der Waals surface area contributed by atoms with E-state index in [4.69, 9.17) is 0 Å². The summed E-state index contributed by atoms with van der Waals surface area (Å²) < 4.78 is 0. The minimum absolute atomic E-state index is 0.133. The van der Waals surface area contributed by atoms with E-state index in [1.165, 1.54) is 11.1 Å². The highest BCUT2D eigenvalue weighted by Gasteiger charge is 2.46. The van der Waals surface area contributed by atoms with Crippen molar-refractivity contribution < 1.29 is 9.59 Å². The normalized spacial score (nSPS) is 21.0. The molecule has 2 aliphatic rings. The molecule has 27 heavy (non-hydrogen) atoms. The van der Waals surface area contributed by atoms with E-state index in [0.717, 1.165) is 32.4 Å². The van der Waals surface area contributed by atoms with Gasteiger partial charge in [-0.2, -0.15) is 0 Å². The van der Waals surface area contributed by atoms with Crippen molar-refractivity contribution in [2.75, 3.05) is 13.1 Å². The van der Waals surface area contributed by atoms with Gasteiger partial charge < -0.3 is 10.2 Å². The van der Waals surface area contributed by atoms with Crippen LogP contribution < -0.4 is 5.32 Å². The minimum Gasteiger partial charge on any atom is -0.354 e. The molecule has 0 unspecified atom stereocenters. The lowest BCUT2D eigenvalue weighted by molar-refractivity contribution is -0.133. The molecule has 1 aliphatic carbocycles. The first-order valence-corrected chi connectivity index (χ1v) is 10.5. The molecule has 148 valence electrons. The van der Waals surface area contributed by atoms with Crippen LogP contribution in [0.2, 0.25) is 0 Å². The number of carbonyl (C=O) groups is 2. The molecule has 4 nitrogen and oxygen atoms in total. The maximum atomic E-state index is 12.4. The van der Waals surface area contributed by atoms with Crippen LogP contribution in [0.5, 0.6) is 0 Å². The van der Waals surface area contributed by atoms with Crippen LogP contribution in [-0.2, 0) is 15.0 Å². The number of nitrogens with zero attached hydrogens (tertiary/aromatic N) is 1. The summed E-state index contributed by atoms with van der Waals surface area (Å²) in [5.74, 6) is 1.13. The molecule has 0 radical (unpaired) electrons. The maximum Gasteiger partial charge on any atom is 0.222 e. The molecule has 1 atom stereocenters. The Morgan fingerprint density at radius 3 is 2.44 bits per heavy atom. The van der Waals surface area contributed by atoms with Gasteiger partial charge in [0.15, 0.2) is 0 Å². The number of likely N-dealkylation sites (tertiary alicyclic amines) is 1. The highest BCUT2D eigenvalue weighted by atomic mass is 16.2. The van der Waals surface area contributed by atoms with Crippen molar-refractivity contribution in [1.82, 2.24) is 10.2 Å². The molecule has 1 spiro atoms. The van der Waals surface area contributed by atoms with Gasteiger partial charge in [-0.25, -0.2) is 0 Å². The summed E-state index contributed by atoms with van der Waals surface area (Å²) in [6, 6.07) is 8.84. The smallest absolute Gasteiger partial charge is 0.222 e. The summed E-state index contributed by atoms with van der Waals surface area (Å²) in [4.78, 5) is 26.9. The van der Waals surface area contributed by atoms with Crippen molar-refractivity contribution in [2.24, 2.45) is 5.92 Å². The van der Waals surface area contributed by atoms with Crippen LogP contribution in [0.3, 0.4) is 0 Å². The maximum absolute atomic E-state index is 12.4. The Balaban J connectivity index is 1.72. The van der Waals surface area contributed by atoms with Gasteiger partial charge in [0, 0.05) is 32.0 Å². The highest BCUT2D eigenvalue weighted by Crippen LogP contribution is 2.52. The second kappa shape index (κ2) is 8.04. The third-order valence-electron chi connectivity index (χ3n) is 6.15. The first-order chi connectivity index (χ1) is 12.8. The third-order valence-corrected chi connectivity index (χ3v) is 6.15. The molecule has 4 heteroatoms. The van der Waals surface area contributed by atoms with Crippen LogP contribution >= 0.6 is 0 Å². The van der Waals surface area contributed by atoms with Gasteiger partial charge in [-0.05, 0) is 61.5 Å². The second-order valence-corrected chi connectivity index (χ2v) is 9.17. The predicted molar refractivity (Wildman–Crippen MR) is 109 cm³/mol. The molecule has 0 aromatic heterocycles. The molecule has 1 aliphatic heterocycles. The second-order valence-electron chi connectivity index (χ2n) is 9.17. The van der Waals surface area contributed by atoms with Gasteiger partial charge in [0.05, 0.1) is 0 Å². The summed E-state index contributed by atoms with van der Waals surface area (Å²) in [5, 5.41) is 3.04. The highest BCUT2D eigenvalue weighted by molar-refractivity contribution is 5.78. The average molecular weight is 371 g/mol. The Bertz CT molecular complexity index is 687. The Kier molecular flexibility index (Phi) is 5.92. The number of hydrogen-bond donors (Lipinski definition) is 1. The molecule has 1 heterocycles. The topological polar surface area (TPSA) is 49.4 Å². The van der Waals surface area contributed by atoms with E-state index in [9.17, 15) is 9.59 Å². The Labute approximate surface area is 163 Å². The van der Waals surface area contributed by atoms with Crippen molar-refractivity contribution in [2.45, 2.75) is 77.2 Å². The number of hydrogen-bond acceptors (Lipinski definition) is 2. The molecule has 1 N–H and O–H groups in total. The van der Waals surface area contributed by atoms with Crippen LogP contribution in [-0.4, -0.2) is 35.8 Å². The summed E-state index contributed by atoms with van der Waals surface area (Å²) >= 11 is 0. The Hall–Kier alpha value is -1.84. The van der Waals surface area contributed by atoms with Gasteiger partial charge >= 0.3 is 0 Å². The lowest BCUT2D eigenvalue weighted by atomic mass is 9.73. The van der Waals surface area contributed by atoms with E-state index in [1.807, 2.05) is 18.7 Å². The van der Waals surface area contributed by atoms with Crippen molar-refractivity contribution in [3.8, 4) is 0 Å². The zero-order valence-corrected chi connectivity index (χ0v) is 17.3. The van der Waals surface area contributed by atoms with Crippen LogP contribution in [0.4, 0.5) is 0 Å². The first kappa shape index (κ1) is 19.9. The zero-order chi connectivity index (χ0) is 19.6. The van der Waals surface area contributed by atoms with Crippen LogP contribution in [0, 0.1) is 5.92 Å². The van der Waals surface area contributed by atoms with E-state index in [-0.39, 0.29) is 23.3 Å². The average Bonchev–Trinajstić information content (AvgIpc) is 2.88. The van der Waals surface area contributed by atoms with Gasteiger partial charge in [-0.1, -0.05) is 38.1 Å². The van der Waals surface area contributed by atoms with E-state index in [0.29, 0.717) is 24.7 Å². The summed E-state index contributed by atoms with van der Waals surface area (Å²) in [7, 11) is 0. The van der Waals surface area contributed by atoms with Crippen LogP contribution in [0.1, 0.15) is 76.8 Å². The number of amides is 2. The van der Waals surface area contributed by atoms with Gasteiger partial charge in [-0.3, -0.25) is 9.59 Å². The van der Waals surface area contributed by atoms with Gasteiger partial charge in [0.25, 0.3) is 0 Å². The lowest BCUT2D eigenvalue weighted by Gasteiger charge is -2.40. The van der Waals surface area contributed by atoms with E-state index in [2.05, 4.69) is 43.4 Å². The van der Waals surface area contributed by atoms with Crippen molar-refractivity contribution in [3.63, 3.8) is 0 Å². The molecular formula is C23H34N2O2. The standard InChI is InChI=1S/C23H34N2O2/c1-16(2)13-22(27)25-11-9-23(10-12-25)15-18(14-21(26)24-17(3)4)19-7-5-6-8-20(19)23/h5-8,16-18H,9-15H2,1-4H3,(H,24,26)/t18-/m0/s1. The van der Waals surface area contributed by atoms with Crippen molar-refractivity contribution in [1.29, 1.82) is 0 Å². The molecule has 1 aromatic rings. The molecule has 0 bridgehead atoms. The zero-order valence-electron chi connectivity index (χ0n) is 17.3. The Morgan fingerprint density at radius 2 is 1.81 bits per heavy atom. The fourth-order valence-electron chi connectivity index (χ4n) is 4.95. The van der Waals surface area contributed by atoms with E-state index < -0.39 is 0 Å². The van der Waals surface area contributed by atoms with Gasteiger partial charge in [0.1, 0.15) is 0 Å². The molecule has 1 aromatic carbocycles. The van der Waals surface area contributed by atoms with Crippen LogP contribution in [0.25, 0.3) is 0 Å². The van der Waals surface area contributed by atoms with Crippen molar-refractivity contribution >= 4 is 11.8 Å². The fraction of sp³-hybridized carbons (Fsp3) is 0.652. The van der Waals surface area contributed by atoms with E-state index in [1.54, 1.807) is 0 Å². The number of rotatable bonds is 5. The number of carbonyl (C=O) groups excluding carboxylic acids is 2. The van der Waals surface area contributed by atoms with Gasteiger partial charge in [0.2, 0.25) is 11.8 Å². The fourth-order valence-corrected chi connectivity index (χ4v) is 4.95. The number of nitrogens with one attached hydrogen (secondary N) is 1. The molecule has 1 saturated heterocycles. The van der Waals surface area contributed by atoms with Gasteiger partial charge in [-0.15, -0.1) is 0 Å².